The highest BCUT2D eigenvalue weighted by Crippen LogP contribution is 2.19. The molecule has 0 amide bonds. The van der Waals surface area contributed by atoms with Crippen molar-refractivity contribution in [2.24, 2.45) is 0 Å². The van der Waals surface area contributed by atoms with Crippen molar-refractivity contribution in [1.82, 2.24) is 9.88 Å². The lowest BCUT2D eigenvalue weighted by Crippen LogP contribution is -2.19. The summed E-state index contributed by atoms with van der Waals surface area (Å²) in [5.74, 6) is 1.17. The second-order valence-electron chi connectivity index (χ2n) is 4.73. The van der Waals surface area contributed by atoms with Gasteiger partial charge in [-0.05, 0) is 44.8 Å². The average molecular weight is 292 g/mol. The molecule has 1 aromatic carbocycles. The fraction of sp³-hybridized carbons (Fsp3) is 0.400. The maximum absolute atomic E-state index is 4.31. The largest absolute Gasteiger partial charge is 0.300 e. The van der Waals surface area contributed by atoms with Crippen LogP contribution in [0, 0.1) is 6.92 Å². The highest BCUT2D eigenvalue weighted by Gasteiger charge is 2.02. The summed E-state index contributed by atoms with van der Waals surface area (Å²) in [5.41, 5.74) is 4.40. The Morgan fingerprint density at radius 2 is 2.05 bits per heavy atom. The molecule has 2 aromatic rings. The standard InChI is InChI=1S/C15H20N2S2/c1-13-4-6-15(7-5-13)19-9-3-8-17(2)10-14-11-18-12-16-14/h4-7,11-12H,3,8-10H2,1-2H3. The lowest BCUT2D eigenvalue weighted by Gasteiger charge is -2.14. The van der Waals surface area contributed by atoms with Gasteiger partial charge < -0.3 is 4.90 Å². The zero-order valence-corrected chi connectivity index (χ0v) is 13.1. The van der Waals surface area contributed by atoms with E-state index < -0.39 is 0 Å². The van der Waals surface area contributed by atoms with Gasteiger partial charge in [-0.2, -0.15) is 0 Å². The summed E-state index contributed by atoms with van der Waals surface area (Å²) >= 11 is 3.61. The van der Waals surface area contributed by atoms with Crippen LogP contribution in [0.25, 0.3) is 0 Å². The topological polar surface area (TPSA) is 16.1 Å². The van der Waals surface area contributed by atoms with Gasteiger partial charge in [0.1, 0.15) is 0 Å². The van der Waals surface area contributed by atoms with Crippen molar-refractivity contribution in [2.45, 2.75) is 24.8 Å². The van der Waals surface area contributed by atoms with E-state index >= 15 is 0 Å². The Balaban J connectivity index is 1.62. The molecule has 2 nitrogen and oxygen atoms in total. The maximum Gasteiger partial charge on any atom is 0.0795 e. The predicted molar refractivity (Wildman–Crippen MR) is 85.0 cm³/mol. The summed E-state index contributed by atoms with van der Waals surface area (Å²) in [7, 11) is 2.16. The number of thioether (sulfide) groups is 1. The van der Waals surface area contributed by atoms with E-state index in [2.05, 4.69) is 53.5 Å². The summed E-state index contributed by atoms with van der Waals surface area (Å²) in [6.45, 7) is 4.21. The molecule has 0 saturated heterocycles. The first-order chi connectivity index (χ1) is 9.24. The first-order valence-corrected chi connectivity index (χ1v) is 8.42. The summed E-state index contributed by atoms with van der Waals surface area (Å²) < 4.78 is 0. The first kappa shape index (κ1) is 14.6. The number of hydrogen-bond donors (Lipinski definition) is 0. The van der Waals surface area contributed by atoms with E-state index in [0.29, 0.717) is 0 Å². The van der Waals surface area contributed by atoms with E-state index in [9.17, 15) is 0 Å². The van der Waals surface area contributed by atoms with Gasteiger partial charge in [0.15, 0.2) is 0 Å². The molecule has 0 aliphatic rings. The molecule has 0 aliphatic carbocycles. The van der Waals surface area contributed by atoms with Crippen LogP contribution in [-0.4, -0.2) is 29.2 Å². The molecule has 0 fully saturated rings. The summed E-state index contributed by atoms with van der Waals surface area (Å²) in [6.07, 6.45) is 1.21. The van der Waals surface area contributed by atoms with Gasteiger partial charge in [0.2, 0.25) is 0 Å². The van der Waals surface area contributed by atoms with Crippen LogP contribution >= 0.6 is 23.1 Å². The van der Waals surface area contributed by atoms with E-state index in [1.807, 2.05) is 17.3 Å². The Hall–Kier alpha value is -0.840. The fourth-order valence-electron chi connectivity index (χ4n) is 1.83. The molecular weight excluding hydrogens is 272 g/mol. The summed E-state index contributed by atoms with van der Waals surface area (Å²) in [4.78, 5) is 8.02. The van der Waals surface area contributed by atoms with Gasteiger partial charge in [-0.3, -0.25) is 0 Å². The minimum Gasteiger partial charge on any atom is -0.300 e. The van der Waals surface area contributed by atoms with Crippen LogP contribution in [0.5, 0.6) is 0 Å². The molecule has 1 aromatic heterocycles. The number of aromatic nitrogens is 1. The number of hydrogen-bond acceptors (Lipinski definition) is 4. The molecule has 0 atom stereocenters. The van der Waals surface area contributed by atoms with Crippen LogP contribution in [-0.2, 0) is 6.54 Å². The van der Waals surface area contributed by atoms with Gasteiger partial charge in [0, 0.05) is 16.8 Å². The van der Waals surface area contributed by atoms with Crippen LogP contribution in [0.2, 0.25) is 0 Å². The zero-order valence-electron chi connectivity index (χ0n) is 11.5. The van der Waals surface area contributed by atoms with Crippen LogP contribution in [0.1, 0.15) is 17.7 Å². The van der Waals surface area contributed by atoms with E-state index in [0.717, 1.165) is 13.1 Å². The second-order valence-corrected chi connectivity index (χ2v) is 6.62. The molecule has 0 radical (unpaired) electrons. The van der Waals surface area contributed by atoms with Crippen molar-refractivity contribution in [3.05, 3.63) is 46.4 Å². The summed E-state index contributed by atoms with van der Waals surface area (Å²) in [6, 6.07) is 8.77. The van der Waals surface area contributed by atoms with Crippen molar-refractivity contribution in [3.8, 4) is 0 Å². The van der Waals surface area contributed by atoms with Crippen LogP contribution in [0.15, 0.2) is 40.1 Å². The number of thiazole rings is 1. The Morgan fingerprint density at radius 3 is 2.74 bits per heavy atom. The van der Waals surface area contributed by atoms with Crippen LogP contribution in [0.3, 0.4) is 0 Å². The van der Waals surface area contributed by atoms with Crippen molar-refractivity contribution < 1.29 is 0 Å². The zero-order chi connectivity index (χ0) is 13.5. The minimum absolute atomic E-state index is 0.957. The Bertz CT molecular complexity index is 465. The molecule has 4 heteroatoms. The predicted octanol–water partition coefficient (Wildman–Crippen LogP) is 4.07. The average Bonchev–Trinajstić information content (AvgIpc) is 2.89. The minimum atomic E-state index is 0.957. The molecule has 102 valence electrons. The molecule has 19 heavy (non-hydrogen) atoms. The molecule has 0 saturated carbocycles. The fourth-order valence-corrected chi connectivity index (χ4v) is 3.22. The van der Waals surface area contributed by atoms with Gasteiger partial charge in [-0.15, -0.1) is 23.1 Å². The Labute approximate surface area is 123 Å². The molecule has 2 rings (SSSR count). The van der Waals surface area contributed by atoms with Crippen LogP contribution < -0.4 is 0 Å². The third kappa shape index (κ3) is 5.35. The highest BCUT2D eigenvalue weighted by molar-refractivity contribution is 7.99. The third-order valence-corrected chi connectivity index (χ3v) is 4.62. The van der Waals surface area contributed by atoms with Crippen molar-refractivity contribution in [1.29, 1.82) is 0 Å². The lowest BCUT2D eigenvalue weighted by atomic mass is 10.2. The third-order valence-electron chi connectivity index (χ3n) is 2.89. The number of rotatable bonds is 7. The first-order valence-electron chi connectivity index (χ1n) is 6.49. The van der Waals surface area contributed by atoms with E-state index in [1.165, 1.54) is 28.3 Å². The molecule has 0 bridgehead atoms. The monoisotopic (exact) mass is 292 g/mol. The van der Waals surface area contributed by atoms with Gasteiger partial charge >= 0.3 is 0 Å². The molecular formula is C15H20N2S2. The van der Waals surface area contributed by atoms with Crippen molar-refractivity contribution >= 4 is 23.1 Å². The van der Waals surface area contributed by atoms with Gasteiger partial charge in [-0.1, -0.05) is 17.7 Å². The maximum atomic E-state index is 4.31. The smallest absolute Gasteiger partial charge is 0.0795 e. The van der Waals surface area contributed by atoms with Gasteiger partial charge in [0.05, 0.1) is 11.2 Å². The summed E-state index contributed by atoms with van der Waals surface area (Å²) in [5, 5.41) is 2.12. The Kier molecular flexibility index (Phi) is 5.89. The normalized spacial score (nSPS) is 11.1. The molecule has 0 N–H and O–H groups in total. The second kappa shape index (κ2) is 7.68. The van der Waals surface area contributed by atoms with Crippen molar-refractivity contribution in [2.75, 3.05) is 19.3 Å². The van der Waals surface area contributed by atoms with Crippen molar-refractivity contribution in [3.63, 3.8) is 0 Å². The molecule has 0 aliphatic heterocycles. The lowest BCUT2D eigenvalue weighted by molar-refractivity contribution is 0.325. The van der Waals surface area contributed by atoms with E-state index in [4.69, 9.17) is 0 Å². The van der Waals surface area contributed by atoms with Gasteiger partial charge in [-0.25, -0.2) is 4.98 Å². The van der Waals surface area contributed by atoms with E-state index in [-0.39, 0.29) is 0 Å². The number of nitrogens with zero attached hydrogens (tertiary/aromatic N) is 2. The molecule has 0 spiro atoms. The SMILES string of the molecule is Cc1ccc(SCCCN(C)Cc2cscn2)cc1. The molecule has 1 heterocycles. The quantitative estimate of drug-likeness (QED) is 0.565. The number of aryl methyl sites for hydroxylation is 1. The van der Waals surface area contributed by atoms with Gasteiger partial charge in [0.25, 0.3) is 0 Å². The Morgan fingerprint density at radius 1 is 1.26 bits per heavy atom. The highest BCUT2D eigenvalue weighted by atomic mass is 32.2. The van der Waals surface area contributed by atoms with E-state index in [1.54, 1.807) is 11.3 Å². The molecule has 0 unspecified atom stereocenters. The number of benzene rings is 1. The van der Waals surface area contributed by atoms with Crippen LogP contribution in [0.4, 0.5) is 0 Å².